The van der Waals surface area contributed by atoms with Crippen LogP contribution >= 0.6 is 11.6 Å². The molecule has 0 unspecified atom stereocenters. The predicted molar refractivity (Wildman–Crippen MR) is 288 cm³/mol. The van der Waals surface area contributed by atoms with E-state index >= 15 is 14.4 Å². The summed E-state index contributed by atoms with van der Waals surface area (Å²) in [5, 5.41) is 50.1. The molecule has 7 amide bonds. The Hall–Kier alpha value is -7.89. The third-order valence-corrected chi connectivity index (χ3v) is 16.3. The summed E-state index contributed by atoms with van der Waals surface area (Å²) in [6.45, 7) is 9.88. The molecular formula is C55H69ClN10O14. The number of halogens is 1. The normalized spacial score (nSPS) is 29.1. The lowest BCUT2D eigenvalue weighted by Gasteiger charge is -2.34. The average molecular weight is 1130 g/mol. The summed E-state index contributed by atoms with van der Waals surface area (Å²) in [4.78, 5) is 142. The second-order valence-corrected chi connectivity index (χ2v) is 21.9. The molecule has 0 spiro atoms. The Labute approximate surface area is 466 Å². The monoisotopic (exact) mass is 1130 g/mol. The largest absolute Gasteiger partial charge is 0.458 e. The number of hydrogen-bond acceptors (Lipinski definition) is 14. The van der Waals surface area contributed by atoms with Gasteiger partial charge in [0, 0.05) is 52.9 Å². The number of nitro groups is 2. The molecule has 80 heavy (non-hydrogen) atoms. The molecule has 430 valence electrons. The molecule has 4 fully saturated rings. The zero-order valence-electron chi connectivity index (χ0n) is 45.2. The molecule has 0 bridgehead atoms. The van der Waals surface area contributed by atoms with Crippen LogP contribution in [0.15, 0.2) is 84.9 Å². The van der Waals surface area contributed by atoms with Crippen LogP contribution in [0.25, 0.3) is 0 Å². The molecule has 24 nitrogen and oxygen atoms in total. The van der Waals surface area contributed by atoms with Gasteiger partial charge in [-0.3, -0.25) is 53.8 Å². The number of carbonyl (C=O) groups is 8. The Morgan fingerprint density at radius 3 is 1.86 bits per heavy atom. The first-order valence-electron chi connectivity index (χ1n) is 26.9. The van der Waals surface area contributed by atoms with Gasteiger partial charge >= 0.3 is 5.97 Å². The smallest absolute Gasteiger partial charge is 0.329 e. The number of cyclic esters (lactones) is 1. The average Bonchev–Trinajstić information content (AvgIpc) is 4.33. The number of rotatable bonds is 17. The SMILES string of the molecule is C/C=C/[C@H]1C[C@H]2C(=O)O[C@@H](C)[C@@H](NC(=O)[C@H](C[C@@H]3C[C@H]3[N+](=O)[O-])NC(=O)c3ccc(Cl)n3O)C(=O)N[C@@H]([C@H](C)c3ccccc3)C(=O)N[C@H](C[C@@H]3C[C@H]3[N+](=O)[O-])C(=O)N[C@@H]([C@H](C)c3ccccc3)C(=O)N[C@@H]([C@@H](C)CC)C(=O)N2C1. The number of allylic oxidation sites excluding steroid dienone is 1. The van der Waals surface area contributed by atoms with Crippen LogP contribution in [0.4, 0.5) is 0 Å². The minimum absolute atomic E-state index is 0.00168. The van der Waals surface area contributed by atoms with Crippen molar-refractivity contribution in [2.24, 2.45) is 23.7 Å². The predicted octanol–water partition coefficient (Wildman–Crippen LogP) is 3.40. The van der Waals surface area contributed by atoms with Gasteiger partial charge in [0.15, 0.2) is 0 Å². The van der Waals surface area contributed by atoms with Gasteiger partial charge in [-0.05, 0) is 68.2 Å². The first kappa shape index (κ1) is 59.8. The van der Waals surface area contributed by atoms with Crippen LogP contribution in [0.2, 0.25) is 5.15 Å². The molecule has 2 aliphatic heterocycles. The Kier molecular flexibility index (Phi) is 19.4. The molecule has 2 saturated carbocycles. The van der Waals surface area contributed by atoms with Crippen molar-refractivity contribution in [2.75, 3.05) is 6.54 Å². The summed E-state index contributed by atoms with van der Waals surface area (Å²) >= 11 is 5.98. The number of ether oxygens (including phenoxy) is 1. The Balaban J connectivity index is 1.33. The maximum Gasteiger partial charge on any atom is 0.329 e. The van der Waals surface area contributed by atoms with E-state index in [9.17, 15) is 49.4 Å². The van der Waals surface area contributed by atoms with E-state index in [0.29, 0.717) is 22.3 Å². The molecule has 16 atom stereocenters. The molecule has 3 aromatic rings. The molecule has 0 radical (unpaired) electrons. The number of amides is 7. The van der Waals surface area contributed by atoms with E-state index in [1.54, 1.807) is 107 Å². The lowest BCUT2D eigenvalue weighted by molar-refractivity contribution is -0.498. The minimum Gasteiger partial charge on any atom is -0.458 e. The van der Waals surface area contributed by atoms with Gasteiger partial charge in [0.05, 0.1) is 0 Å². The second-order valence-electron chi connectivity index (χ2n) is 21.5. The summed E-state index contributed by atoms with van der Waals surface area (Å²) in [6.07, 6.45) is 1.86. The Morgan fingerprint density at radius 2 is 1.34 bits per heavy atom. The van der Waals surface area contributed by atoms with E-state index in [1.807, 2.05) is 0 Å². The Bertz CT molecular complexity index is 2850. The summed E-state index contributed by atoms with van der Waals surface area (Å²) < 4.78 is 6.43. The lowest BCUT2D eigenvalue weighted by Crippen LogP contribution is -2.62. The third-order valence-electron chi connectivity index (χ3n) is 16.0. The van der Waals surface area contributed by atoms with Crippen molar-refractivity contribution in [3.05, 3.63) is 127 Å². The molecule has 2 aliphatic carbocycles. The van der Waals surface area contributed by atoms with Gasteiger partial charge in [-0.2, -0.15) is 4.73 Å². The molecule has 4 aliphatic rings. The number of hydrogen-bond donors (Lipinski definition) is 7. The fourth-order valence-electron chi connectivity index (χ4n) is 10.7. The molecule has 3 heterocycles. The van der Waals surface area contributed by atoms with Crippen molar-refractivity contribution in [1.82, 2.24) is 41.5 Å². The molecular weight excluding hydrogens is 1060 g/mol. The number of aromatic nitrogens is 1. The van der Waals surface area contributed by atoms with Gasteiger partial charge in [-0.25, -0.2) is 4.79 Å². The molecule has 7 rings (SSSR count). The van der Waals surface area contributed by atoms with Gasteiger partial charge in [-0.1, -0.05) is 119 Å². The first-order valence-corrected chi connectivity index (χ1v) is 27.3. The van der Waals surface area contributed by atoms with Crippen molar-refractivity contribution >= 4 is 58.9 Å². The maximum absolute atomic E-state index is 15.2. The first-order chi connectivity index (χ1) is 38.0. The van der Waals surface area contributed by atoms with Crippen LogP contribution in [0.1, 0.15) is 114 Å². The number of esters is 1. The van der Waals surface area contributed by atoms with Crippen molar-refractivity contribution in [3.63, 3.8) is 0 Å². The van der Waals surface area contributed by atoms with E-state index < -0.39 is 159 Å². The van der Waals surface area contributed by atoms with E-state index in [2.05, 4.69) is 31.9 Å². The van der Waals surface area contributed by atoms with Crippen LogP contribution in [0.5, 0.6) is 0 Å². The van der Waals surface area contributed by atoms with Crippen molar-refractivity contribution in [2.45, 2.75) is 152 Å². The zero-order valence-corrected chi connectivity index (χ0v) is 45.9. The van der Waals surface area contributed by atoms with Gasteiger partial charge < -0.3 is 46.7 Å². The summed E-state index contributed by atoms with van der Waals surface area (Å²) in [5.41, 5.74) is 0.721. The fourth-order valence-corrected chi connectivity index (χ4v) is 10.8. The number of nitrogens with zero attached hydrogens (tertiary/aromatic N) is 4. The van der Waals surface area contributed by atoms with Crippen LogP contribution < -0.4 is 31.9 Å². The van der Waals surface area contributed by atoms with Gasteiger partial charge in [-0.15, -0.1) is 0 Å². The second kappa shape index (κ2) is 25.9. The van der Waals surface area contributed by atoms with Crippen LogP contribution in [0.3, 0.4) is 0 Å². The summed E-state index contributed by atoms with van der Waals surface area (Å²) in [5.74, 6) is -11.6. The fraction of sp³-hybridized carbons (Fsp3) is 0.527. The molecule has 7 N–H and O–H groups in total. The van der Waals surface area contributed by atoms with E-state index in [0.717, 1.165) is 6.07 Å². The highest BCUT2D eigenvalue weighted by Crippen LogP contribution is 2.39. The lowest BCUT2D eigenvalue weighted by atomic mass is 9.90. The molecule has 25 heteroatoms. The highest BCUT2D eigenvalue weighted by molar-refractivity contribution is 6.30. The van der Waals surface area contributed by atoms with Gasteiger partial charge in [0.1, 0.15) is 59.2 Å². The minimum atomic E-state index is -1.93. The third kappa shape index (κ3) is 14.1. The number of fused-ring (bicyclic) bond motifs is 1. The molecule has 2 saturated heterocycles. The number of benzene rings is 2. The highest BCUT2D eigenvalue weighted by Gasteiger charge is 2.52. The van der Waals surface area contributed by atoms with Crippen LogP contribution in [-0.2, 0) is 38.3 Å². The van der Waals surface area contributed by atoms with Gasteiger partial charge in [0.2, 0.25) is 47.5 Å². The van der Waals surface area contributed by atoms with Crippen molar-refractivity contribution in [1.29, 1.82) is 0 Å². The van der Waals surface area contributed by atoms with E-state index in [1.165, 1.54) is 17.9 Å². The van der Waals surface area contributed by atoms with Gasteiger partial charge in [0.25, 0.3) is 5.91 Å². The maximum atomic E-state index is 15.2. The van der Waals surface area contributed by atoms with Crippen molar-refractivity contribution in [3.8, 4) is 0 Å². The van der Waals surface area contributed by atoms with E-state index in [4.69, 9.17) is 16.3 Å². The Morgan fingerprint density at radius 1 is 0.787 bits per heavy atom. The standard InChI is InChI=1S/C55H69ClN10O14/c1-7-15-32-22-42-55(74)80-31(6)47(62-49(68)37(23-35-25-40(35)65(76)77)57-50(69)39-20-21-43(56)64(39)75)53(72)61-45(29(4)33-16-11-9-12-17-33)51(70)58-38(24-36-26-41(36)66(78)79)48(67)60-46(30(5)34-18-13-10-14-19-34)52(71)59-44(28(3)8-2)54(73)63(42)27-32/h7,9-21,28-32,35-38,40-42,44-47,75H,8,22-27H2,1-6H3,(H,57,69)(H,58,70)(H,59,71)(H,60,67)(H,61,72)(H,62,68)/b15-7+/t28-,29+,30+,31-,32-,35+,36+,37-,38+,40+,41+,42-,44-,45-,46-,47+/m0/s1. The van der Waals surface area contributed by atoms with Crippen molar-refractivity contribution < 1.29 is 58.1 Å². The summed E-state index contributed by atoms with van der Waals surface area (Å²) in [6, 6.07) is 6.69. The topological polar surface area (TPSA) is 333 Å². The zero-order chi connectivity index (χ0) is 58.3. The van der Waals surface area contributed by atoms with Crippen LogP contribution in [0, 0.1) is 43.9 Å². The van der Waals surface area contributed by atoms with Crippen LogP contribution in [-0.4, -0.2) is 139 Å². The summed E-state index contributed by atoms with van der Waals surface area (Å²) in [7, 11) is 0. The molecule has 1 aromatic heterocycles. The number of carbonyl (C=O) groups excluding carboxylic acids is 8. The number of nitrogens with one attached hydrogen (secondary N) is 6. The quantitative estimate of drug-likeness (QED) is 0.0335. The molecule has 2 aromatic carbocycles. The van der Waals surface area contributed by atoms with E-state index in [-0.39, 0.29) is 43.8 Å². The highest BCUT2D eigenvalue weighted by atomic mass is 35.5.